The van der Waals surface area contributed by atoms with Crippen molar-refractivity contribution in [3.63, 3.8) is 0 Å². The van der Waals surface area contributed by atoms with Crippen molar-refractivity contribution in [2.45, 2.75) is 62.7 Å². The lowest BCUT2D eigenvalue weighted by Crippen LogP contribution is -2.25. The predicted molar refractivity (Wildman–Crippen MR) is 84.1 cm³/mol. The van der Waals surface area contributed by atoms with E-state index in [0.29, 0.717) is 17.5 Å². The Balaban J connectivity index is 1.64. The summed E-state index contributed by atoms with van der Waals surface area (Å²) >= 11 is 1.46. The molecule has 10 heteroatoms. The van der Waals surface area contributed by atoms with Gasteiger partial charge in [-0.3, -0.25) is 4.57 Å². The SMILES string of the molecule is CCCCn1nnnc1CSc1n[nH]c(=O)n1CC1CCCO1. The molecule has 0 aromatic carbocycles. The second-order valence-corrected chi connectivity index (χ2v) is 6.46. The van der Waals surface area contributed by atoms with Crippen LogP contribution in [0.4, 0.5) is 0 Å². The highest BCUT2D eigenvalue weighted by atomic mass is 32.2. The van der Waals surface area contributed by atoms with Crippen molar-refractivity contribution >= 4 is 11.8 Å². The largest absolute Gasteiger partial charge is 0.376 e. The molecule has 3 heterocycles. The molecule has 0 amide bonds. The molecule has 1 saturated heterocycles. The first kappa shape index (κ1) is 16.2. The fraction of sp³-hybridized carbons (Fsp3) is 0.769. The fourth-order valence-corrected chi connectivity index (χ4v) is 3.39. The third kappa shape index (κ3) is 3.99. The van der Waals surface area contributed by atoms with Gasteiger partial charge in [-0.1, -0.05) is 25.1 Å². The van der Waals surface area contributed by atoms with Crippen LogP contribution in [0.3, 0.4) is 0 Å². The Morgan fingerprint density at radius 3 is 3.17 bits per heavy atom. The minimum Gasteiger partial charge on any atom is -0.376 e. The molecular formula is C13H21N7O2S. The predicted octanol–water partition coefficient (Wildman–Crippen LogP) is 0.829. The van der Waals surface area contributed by atoms with E-state index in [9.17, 15) is 4.79 Å². The van der Waals surface area contributed by atoms with E-state index >= 15 is 0 Å². The highest BCUT2D eigenvalue weighted by molar-refractivity contribution is 7.98. The van der Waals surface area contributed by atoms with Gasteiger partial charge in [0, 0.05) is 13.2 Å². The van der Waals surface area contributed by atoms with Crippen LogP contribution in [-0.4, -0.2) is 47.7 Å². The third-order valence-corrected chi connectivity index (χ3v) is 4.77. The number of ether oxygens (including phenoxy) is 1. The number of unbranched alkanes of at least 4 members (excludes halogenated alkanes) is 1. The minimum atomic E-state index is -0.200. The molecule has 126 valence electrons. The lowest BCUT2D eigenvalue weighted by atomic mass is 10.2. The van der Waals surface area contributed by atoms with Gasteiger partial charge in [-0.25, -0.2) is 14.6 Å². The van der Waals surface area contributed by atoms with Crippen molar-refractivity contribution in [3.05, 3.63) is 16.3 Å². The topological polar surface area (TPSA) is 104 Å². The van der Waals surface area contributed by atoms with Crippen molar-refractivity contribution in [1.29, 1.82) is 0 Å². The normalized spacial score (nSPS) is 17.9. The molecule has 3 rings (SSSR count). The summed E-state index contributed by atoms with van der Waals surface area (Å²) in [6, 6.07) is 0. The average molecular weight is 339 g/mol. The quantitative estimate of drug-likeness (QED) is 0.710. The van der Waals surface area contributed by atoms with E-state index in [2.05, 4.69) is 32.6 Å². The Labute approximate surface area is 137 Å². The summed E-state index contributed by atoms with van der Waals surface area (Å²) in [5.41, 5.74) is -0.200. The van der Waals surface area contributed by atoms with Gasteiger partial charge in [0.05, 0.1) is 18.4 Å². The number of rotatable bonds is 8. The molecule has 1 aliphatic rings. The number of H-pyrrole nitrogens is 1. The number of hydrogen-bond donors (Lipinski definition) is 1. The highest BCUT2D eigenvalue weighted by Gasteiger charge is 2.20. The van der Waals surface area contributed by atoms with Crippen molar-refractivity contribution in [1.82, 2.24) is 35.0 Å². The first-order valence-electron chi connectivity index (χ1n) is 7.92. The molecule has 2 aromatic heterocycles. The molecule has 9 nitrogen and oxygen atoms in total. The van der Waals surface area contributed by atoms with E-state index < -0.39 is 0 Å². The van der Waals surface area contributed by atoms with Crippen LogP contribution in [-0.2, 0) is 23.6 Å². The Bertz CT molecular complexity index is 674. The molecular weight excluding hydrogens is 318 g/mol. The molecule has 0 radical (unpaired) electrons. The van der Waals surface area contributed by atoms with Crippen LogP contribution in [0.1, 0.15) is 38.4 Å². The van der Waals surface area contributed by atoms with Gasteiger partial charge in [-0.2, -0.15) is 0 Å². The van der Waals surface area contributed by atoms with Gasteiger partial charge in [0.15, 0.2) is 11.0 Å². The molecule has 1 aliphatic heterocycles. The molecule has 2 aromatic rings. The van der Waals surface area contributed by atoms with E-state index in [-0.39, 0.29) is 11.8 Å². The van der Waals surface area contributed by atoms with Crippen molar-refractivity contribution in [3.8, 4) is 0 Å². The zero-order valence-corrected chi connectivity index (χ0v) is 14.0. The molecule has 23 heavy (non-hydrogen) atoms. The van der Waals surface area contributed by atoms with Crippen LogP contribution in [0.25, 0.3) is 0 Å². The smallest absolute Gasteiger partial charge is 0.344 e. The summed E-state index contributed by atoms with van der Waals surface area (Å²) in [6.45, 7) is 4.25. The van der Waals surface area contributed by atoms with Crippen LogP contribution in [0, 0.1) is 0 Å². The molecule has 1 fully saturated rings. The van der Waals surface area contributed by atoms with E-state index in [4.69, 9.17) is 4.74 Å². The summed E-state index contributed by atoms with van der Waals surface area (Å²) in [6.07, 6.45) is 4.25. The number of nitrogens with zero attached hydrogens (tertiary/aromatic N) is 6. The number of thioether (sulfide) groups is 1. The highest BCUT2D eigenvalue weighted by Crippen LogP contribution is 2.20. The second-order valence-electron chi connectivity index (χ2n) is 5.52. The number of hydrogen-bond acceptors (Lipinski definition) is 7. The maximum atomic E-state index is 11.9. The van der Waals surface area contributed by atoms with E-state index in [1.54, 1.807) is 4.57 Å². The standard InChI is InChI=1S/C13H21N7O2S/c1-2-3-6-20-11(14-17-18-20)9-23-13-16-15-12(21)19(13)8-10-5-4-7-22-10/h10H,2-9H2,1H3,(H,15,21). The van der Waals surface area contributed by atoms with Gasteiger partial charge in [0.2, 0.25) is 0 Å². The van der Waals surface area contributed by atoms with Gasteiger partial charge >= 0.3 is 5.69 Å². The number of aromatic amines is 1. The molecule has 0 saturated carbocycles. The summed E-state index contributed by atoms with van der Waals surface area (Å²) < 4.78 is 9.05. The lowest BCUT2D eigenvalue weighted by Gasteiger charge is -2.10. The van der Waals surface area contributed by atoms with E-state index in [0.717, 1.165) is 44.7 Å². The third-order valence-electron chi connectivity index (χ3n) is 3.79. The molecule has 1 N–H and O–H groups in total. The Morgan fingerprint density at radius 2 is 2.39 bits per heavy atom. The van der Waals surface area contributed by atoms with Gasteiger partial charge in [0.25, 0.3) is 0 Å². The molecule has 0 spiro atoms. The van der Waals surface area contributed by atoms with Crippen molar-refractivity contribution in [2.75, 3.05) is 6.61 Å². The second kappa shape index (κ2) is 7.73. The van der Waals surface area contributed by atoms with Crippen LogP contribution < -0.4 is 5.69 Å². The van der Waals surface area contributed by atoms with Gasteiger partial charge in [-0.15, -0.1) is 10.2 Å². The van der Waals surface area contributed by atoms with E-state index in [1.807, 2.05) is 4.68 Å². The molecule has 1 unspecified atom stereocenters. The zero-order chi connectivity index (χ0) is 16.1. The molecule has 0 aliphatic carbocycles. The lowest BCUT2D eigenvalue weighted by molar-refractivity contribution is 0.0941. The number of tetrazole rings is 1. The Morgan fingerprint density at radius 1 is 1.48 bits per heavy atom. The van der Waals surface area contributed by atoms with Gasteiger partial charge in [-0.05, 0) is 29.7 Å². The van der Waals surface area contributed by atoms with Crippen molar-refractivity contribution < 1.29 is 4.74 Å². The van der Waals surface area contributed by atoms with Crippen LogP contribution in [0.2, 0.25) is 0 Å². The first-order valence-corrected chi connectivity index (χ1v) is 8.91. The van der Waals surface area contributed by atoms with Gasteiger partial charge < -0.3 is 4.74 Å². The number of aryl methyl sites for hydroxylation is 1. The fourth-order valence-electron chi connectivity index (χ4n) is 2.50. The summed E-state index contributed by atoms with van der Waals surface area (Å²) in [5.74, 6) is 1.37. The molecule has 0 bridgehead atoms. The van der Waals surface area contributed by atoms with Crippen LogP contribution in [0.15, 0.2) is 9.95 Å². The monoisotopic (exact) mass is 339 g/mol. The maximum Gasteiger partial charge on any atom is 0.344 e. The van der Waals surface area contributed by atoms with E-state index in [1.165, 1.54) is 11.8 Å². The number of aromatic nitrogens is 7. The maximum absolute atomic E-state index is 11.9. The number of nitrogens with one attached hydrogen (secondary N) is 1. The van der Waals surface area contributed by atoms with Crippen molar-refractivity contribution in [2.24, 2.45) is 0 Å². The van der Waals surface area contributed by atoms with Gasteiger partial charge in [0.1, 0.15) is 0 Å². The Kier molecular flexibility index (Phi) is 5.44. The first-order chi connectivity index (χ1) is 11.3. The molecule has 1 atom stereocenters. The Hall–Kier alpha value is -1.68. The minimum absolute atomic E-state index is 0.0968. The van der Waals surface area contributed by atoms with Crippen LogP contribution in [0.5, 0.6) is 0 Å². The average Bonchev–Trinajstić information content (AvgIpc) is 3.28. The zero-order valence-electron chi connectivity index (χ0n) is 13.1. The van der Waals surface area contributed by atoms with Crippen LogP contribution >= 0.6 is 11.8 Å². The summed E-state index contributed by atoms with van der Waals surface area (Å²) in [7, 11) is 0. The summed E-state index contributed by atoms with van der Waals surface area (Å²) in [5, 5.41) is 19.1. The summed E-state index contributed by atoms with van der Waals surface area (Å²) in [4.78, 5) is 11.9.